The van der Waals surface area contributed by atoms with E-state index in [4.69, 9.17) is 10.5 Å². The summed E-state index contributed by atoms with van der Waals surface area (Å²) >= 11 is 0. The fourth-order valence-corrected chi connectivity index (χ4v) is 5.79. The molecule has 5 amide bonds. The van der Waals surface area contributed by atoms with Gasteiger partial charge in [0.1, 0.15) is 29.3 Å². The van der Waals surface area contributed by atoms with Crippen molar-refractivity contribution < 1.29 is 33.8 Å². The second kappa shape index (κ2) is 13.5. The third kappa shape index (κ3) is 7.58. The lowest BCUT2D eigenvalue weighted by Gasteiger charge is -2.41. The summed E-state index contributed by atoms with van der Waals surface area (Å²) in [5.41, 5.74) is 4.17. The number of primary amides is 1. The van der Waals surface area contributed by atoms with Crippen LogP contribution in [0.3, 0.4) is 0 Å². The van der Waals surface area contributed by atoms with Crippen LogP contribution in [-0.2, 0) is 30.3 Å². The largest absolute Gasteiger partial charge is 0.444 e. The number of nitrogens with zero attached hydrogens (tertiary/aromatic N) is 2. The number of rotatable bonds is 10. The van der Waals surface area contributed by atoms with Crippen LogP contribution < -0.4 is 16.4 Å². The maximum Gasteiger partial charge on any atom is 0.408 e. The lowest BCUT2D eigenvalue weighted by Crippen LogP contribution is -2.65. The Balaban J connectivity index is 1.90. The second-order valence-corrected chi connectivity index (χ2v) is 12.2. The van der Waals surface area contributed by atoms with Crippen LogP contribution in [0.4, 0.5) is 4.79 Å². The predicted octanol–water partition coefficient (Wildman–Crippen LogP) is 1.24. The Morgan fingerprint density at radius 1 is 1.10 bits per heavy atom. The Morgan fingerprint density at radius 2 is 1.76 bits per heavy atom. The molecule has 42 heavy (non-hydrogen) atoms. The highest BCUT2D eigenvalue weighted by Gasteiger charge is 2.53. The van der Waals surface area contributed by atoms with Crippen molar-refractivity contribution in [3.05, 3.63) is 35.9 Å². The number of benzene rings is 1. The van der Waals surface area contributed by atoms with E-state index >= 15 is 0 Å². The molecule has 5 atom stereocenters. The molecule has 12 heteroatoms. The van der Waals surface area contributed by atoms with E-state index in [1.165, 1.54) is 16.7 Å². The third-order valence-electron chi connectivity index (χ3n) is 7.81. The van der Waals surface area contributed by atoms with Crippen molar-refractivity contribution in [2.45, 2.75) is 109 Å². The molecule has 5 N–H and O–H groups in total. The van der Waals surface area contributed by atoms with E-state index in [-0.39, 0.29) is 24.8 Å². The Kier molecular flexibility index (Phi) is 10.6. The summed E-state index contributed by atoms with van der Waals surface area (Å²) in [6, 6.07) is 6.20. The number of carbonyl (C=O) groups is 5. The fraction of sp³-hybridized carbons (Fsp3) is 0.633. The van der Waals surface area contributed by atoms with Gasteiger partial charge in [0.25, 0.3) is 0 Å². The molecule has 2 fully saturated rings. The molecule has 0 aliphatic carbocycles. The zero-order chi connectivity index (χ0) is 31.2. The normalized spacial score (nSPS) is 22.7. The number of hydrogen-bond donors (Lipinski definition) is 4. The van der Waals surface area contributed by atoms with E-state index < -0.39 is 53.3 Å². The van der Waals surface area contributed by atoms with Crippen LogP contribution in [0.2, 0.25) is 0 Å². The molecule has 2 saturated heterocycles. The fourth-order valence-electron chi connectivity index (χ4n) is 5.79. The van der Waals surface area contributed by atoms with Gasteiger partial charge in [0.15, 0.2) is 0 Å². The van der Waals surface area contributed by atoms with E-state index in [0.29, 0.717) is 38.6 Å². The van der Waals surface area contributed by atoms with E-state index in [2.05, 4.69) is 10.6 Å². The first-order valence-electron chi connectivity index (χ1n) is 14.6. The van der Waals surface area contributed by atoms with Crippen LogP contribution in [0.1, 0.15) is 72.3 Å². The highest BCUT2D eigenvalue weighted by molar-refractivity contribution is 5.98. The van der Waals surface area contributed by atoms with Gasteiger partial charge in [-0.15, -0.1) is 0 Å². The number of hydrogen-bond acceptors (Lipinski definition) is 7. The van der Waals surface area contributed by atoms with Gasteiger partial charge in [0.2, 0.25) is 23.6 Å². The summed E-state index contributed by atoms with van der Waals surface area (Å²) in [5, 5.41) is 15.3. The standard InChI is InChI=1S/C30H45N5O7/c1-6-21(32-28(41)42-29(3,4)5)25(38)34-16-10-14-22(34)26(39)35-17-11-15-30(35,18-20-12-8-7-9-13-20)27(40)33-23(19(2)36)24(31)37/h7-9,12-13,19,21-23,36H,6,10-11,14-18H2,1-5H3,(H2,31,37)(H,32,41)(H,33,40)/t19-,21+,22+,23+,30?/m1/s1. The summed E-state index contributed by atoms with van der Waals surface area (Å²) in [4.78, 5) is 69.3. The Hall–Kier alpha value is -3.67. The summed E-state index contributed by atoms with van der Waals surface area (Å²) < 4.78 is 5.32. The second-order valence-electron chi connectivity index (χ2n) is 12.2. The summed E-state index contributed by atoms with van der Waals surface area (Å²) in [5.74, 6) is -2.24. The molecule has 0 radical (unpaired) electrons. The minimum Gasteiger partial charge on any atom is -0.444 e. The molecule has 2 heterocycles. The van der Waals surface area contributed by atoms with Crippen molar-refractivity contribution in [2.75, 3.05) is 13.1 Å². The van der Waals surface area contributed by atoms with Crippen molar-refractivity contribution in [1.82, 2.24) is 20.4 Å². The first-order chi connectivity index (χ1) is 19.7. The monoisotopic (exact) mass is 587 g/mol. The summed E-state index contributed by atoms with van der Waals surface area (Å²) in [6.45, 7) is 8.91. The van der Waals surface area contributed by atoms with E-state index in [9.17, 15) is 29.1 Å². The van der Waals surface area contributed by atoms with Gasteiger partial charge in [0, 0.05) is 19.5 Å². The Morgan fingerprint density at radius 3 is 2.33 bits per heavy atom. The van der Waals surface area contributed by atoms with Crippen LogP contribution >= 0.6 is 0 Å². The SMILES string of the molecule is CC[C@H](NC(=O)OC(C)(C)C)C(=O)N1CCC[C@H]1C(=O)N1CCCC1(Cc1ccccc1)C(=O)N[C@H](C(N)=O)[C@@H](C)O. The van der Waals surface area contributed by atoms with Crippen molar-refractivity contribution in [3.8, 4) is 0 Å². The quantitative estimate of drug-likeness (QED) is 0.319. The molecule has 0 saturated carbocycles. The molecule has 232 valence electrons. The highest BCUT2D eigenvalue weighted by atomic mass is 16.6. The molecule has 1 aromatic rings. The molecular formula is C30H45N5O7. The lowest BCUT2D eigenvalue weighted by molar-refractivity contribution is -0.152. The van der Waals surface area contributed by atoms with Gasteiger partial charge in [-0.2, -0.15) is 0 Å². The van der Waals surface area contributed by atoms with Gasteiger partial charge in [0.05, 0.1) is 6.10 Å². The number of nitrogens with one attached hydrogen (secondary N) is 2. The average molecular weight is 588 g/mol. The maximum absolute atomic E-state index is 14.2. The van der Waals surface area contributed by atoms with Crippen LogP contribution in [0.25, 0.3) is 0 Å². The minimum atomic E-state index is -1.36. The molecule has 1 aromatic carbocycles. The highest BCUT2D eigenvalue weighted by Crippen LogP contribution is 2.36. The van der Waals surface area contributed by atoms with E-state index in [1.807, 2.05) is 30.3 Å². The molecule has 12 nitrogen and oxygen atoms in total. The summed E-state index contributed by atoms with van der Waals surface area (Å²) in [7, 11) is 0. The third-order valence-corrected chi connectivity index (χ3v) is 7.81. The Labute approximate surface area is 247 Å². The lowest BCUT2D eigenvalue weighted by atomic mass is 9.86. The van der Waals surface area contributed by atoms with Crippen LogP contribution in [-0.4, -0.2) is 93.1 Å². The molecule has 0 aromatic heterocycles. The molecular weight excluding hydrogens is 542 g/mol. The first-order valence-corrected chi connectivity index (χ1v) is 14.6. The topological polar surface area (TPSA) is 171 Å². The first kappa shape index (κ1) is 32.8. The van der Waals surface area contributed by atoms with Gasteiger partial charge < -0.3 is 36.0 Å². The van der Waals surface area contributed by atoms with Crippen molar-refractivity contribution in [2.24, 2.45) is 5.73 Å². The number of amides is 5. The maximum atomic E-state index is 14.2. The predicted molar refractivity (Wildman–Crippen MR) is 155 cm³/mol. The number of nitrogens with two attached hydrogens (primary N) is 1. The van der Waals surface area contributed by atoms with Gasteiger partial charge in [-0.05, 0) is 65.4 Å². The number of aliphatic hydroxyl groups excluding tert-OH is 1. The van der Waals surface area contributed by atoms with Gasteiger partial charge >= 0.3 is 6.09 Å². The molecule has 1 unspecified atom stereocenters. The molecule has 3 rings (SSSR count). The van der Waals surface area contributed by atoms with E-state index in [0.717, 1.165) is 5.56 Å². The van der Waals surface area contributed by atoms with Gasteiger partial charge in [-0.25, -0.2) is 4.79 Å². The Bertz CT molecular complexity index is 1150. The van der Waals surface area contributed by atoms with Gasteiger partial charge in [-0.1, -0.05) is 37.3 Å². The molecule has 0 spiro atoms. The van der Waals surface area contributed by atoms with Gasteiger partial charge in [-0.3, -0.25) is 19.2 Å². The van der Waals surface area contributed by atoms with Crippen molar-refractivity contribution in [1.29, 1.82) is 0 Å². The number of likely N-dealkylation sites (tertiary alicyclic amines) is 2. The summed E-state index contributed by atoms with van der Waals surface area (Å²) in [6.07, 6.45) is 0.362. The number of alkyl carbamates (subject to hydrolysis) is 1. The van der Waals surface area contributed by atoms with Crippen LogP contribution in [0.5, 0.6) is 0 Å². The van der Waals surface area contributed by atoms with Crippen molar-refractivity contribution in [3.63, 3.8) is 0 Å². The van der Waals surface area contributed by atoms with Crippen molar-refractivity contribution >= 4 is 29.7 Å². The minimum absolute atomic E-state index is 0.176. The molecule has 0 bridgehead atoms. The zero-order valence-corrected chi connectivity index (χ0v) is 25.2. The average Bonchev–Trinajstić information content (AvgIpc) is 3.57. The number of aliphatic hydroxyl groups is 1. The smallest absolute Gasteiger partial charge is 0.408 e. The number of ether oxygens (including phenoxy) is 1. The number of carbonyl (C=O) groups excluding carboxylic acids is 5. The van der Waals surface area contributed by atoms with E-state index in [1.54, 1.807) is 27.7 Å². The molecule has 2 aliphatic heterocycles. The molecule has 2 aliphatic rings. The van der Waals surface area contributed by atoms with Crippen LogP contribution in [0.15, 0.2) is 30.3 Å². The van der Waals surface area contributed by atoms with Crippen LogP contribution in [0, 0.1) is 0 Å². The zero-order valence-electron chi connectivity index (χ0n) is 25.2.